The van der Waals surface area contributed by atoms with E-state index in [9.17, 15) is 0 Å². The van der Waals surface area contributed by atoms with Crippen molar-refractivity contribution in [2.45, 2.75) is 0 Å². The molecule has 1 aromatic heterocycles. The highest BCUT2D eigenvalue weighted by molar-refractivity contribution is 7.33. The topological polar surface area (TPSA) is 12.5 Å². The Morgan fingerprint density at radius 3 is 1.53 bits per heavy atom. The second-order valence-corrected chi connectivity index (χ2v) is 24.0. The van der Waals surface area contributed by atoms with Crippen molar-refractivity contribution in [3.8, 4) is 11.5 Å². The van der Waals surface area contributed by atoms with Gasteiger partial charge in [0.2, 0.25) is 0 Å². The van der Waals surface area contributed by atoms with E-state index in [0.717, 1.165) is 22.9 Å². The van der Waals surface area contributed by atoms with Gasteiger partial charge in [-0.15, -0.1) is 11.3 Å². The monoisotopic (exact) mass is 803 g/mol. The first-order valence-electron chi connectivity index (χ1n) is 20.3. The molecule has 0 fully saturated rings. The van der Waals surface area contributed by atoms with Crippen LogP contribution in [0, 0.1) is 0 Å². The first kappa shape index (κ1) is 34.3. The summed E-state index contributed by atoms with van der Waals surface area (Å²) in [7, 11) is -5.91. The molecule has 0 saturated carbocycles. The molecule has 0 bridgehead atoms. The summed E-state index contributed by atoms with van der Waals surface area (Å²) >= 11 is 1.87. The van der Waals surface area contributed by atoms with Crippen molar-refractivity contribution in [1.29, 1.82) is 0 Å². The molecule has 0 saturated heterocycles. The summed E-state index contributed by atoms with van der Waals surface area (Å²) in [6.45, 7) is 0. The van der Waals surface area contributed by atoms with Gasteiger partial charge in [0.1, 0.15) is 11.5 Å². The molecule has 2 aliphatic heterocycles. The van der Waals surface area contributed by atoms with E-state index in [1.54, 1.807) is 0 Å². The molecule has 0 radical (unpaired) electrons. The number of para-hydroxylation sites is 2. The fourth-order valence-electron chi connectivity index (χ4n) is 10.4. The third-order valence-corrected chi connectivity index (χ3v) is 24.2. The molecule has 10 aromatic rings. The Balaban J connectivity index is 1.20. The van der Waals surface area contributed by atoms with Gasteiger partial charge in [-0.3, -0.25) is 0 Å². The lowest BCUT2D eigenvalue weighted by Gasteiger charge is -2.50. The van der Waals surface area contributed by atoms with E-state index in [1.807, 2.05) is 11.3 Å². The Hall–Kier alpha value is -6.77. The number of anilines is 3. The van der Waals surface area contributed by atoms with Gasteiger partial charge in [-0.2, -0.15) is 0 Å². The standard InChI is InChI=1S/C54H37NOSSi2/c1-4-19-38(20-5-1)55(44-27-18-26-43-42-25-10-12-29-47(42)57-54(43)44)39-35-36-46-53(37-39)59(48-30-13-11-28-45(48)56-46)51-33-16-14-31-49(51)58(40-21-6-2-7-22-40,41-23-8-3-9-24-41)50-32-15-17-34-52(50)59/h1-37H. The number of rotatable bonds is 5. The molecule has 0 unspecified atom stereocenters. The number of ether oxygens (including phenoxy) is 1. The van der Waals surface area contributed by atoms with E-state index >= 15 is 0 Å². The molecule has 0 aliphatic carbocycles. The average Bonchev–Trinajstić information content (AvgIpc) is 3.70. The van der Waals surface area contributed by atoms with Crippen LogP contribution in [0.15, 0.2) is 224 Å². The SMILES string of the molecule is c1ccc(N(c2ccc3c(c2)[Si]2(c4ccccc4O3)c3ccccc3[Si](c3ccccc3)(c3ccccc3)c3ccccc32)c2cccc3c2sc2ccccc23)cc1. The second-order valence-electron chi connectivity index (χ2n) is 15.5. The largest absolute Gasteiger partial charge is 0.458 e. The van der Waals surface area contributed by atoms with E-state index < -0.39 is 16.1 Å². The van der Waals surface area contributed by atoms with Crippen molar-refractivity contribution in [3.63, 3.8) is 0 Å². The molecule has 59 heavy (non-hydrogen) atoms. The zero-order valence-corrected chi connectivity index (χ0v) is 34.9. The third-order valence-electron chi connectivity index (χ3n) is 12.7. The highest BCUT2D eigenvalue weighted by Crippen LogP contribution is 2.45. The van der Waals surface area contributed by atoms with Gasteiger partial charge in [0.15, 0.2) is 16.1 Å². The summed E-state index contributed by atoms with van der Waals surface area (Å²) in [6, 6.07) is 83.9. The van der Waals surface area contributed by atoms with Gasteiger partial charge in [-0.1, -0.05) is 176 Å². The van der Waals surface area contributed by atoms with Crippen LogP contribution in [0.2, 0.25) is 0 Å². The Bertz CT molecular complexity index is 3130. The third kappa shape index (κ3) is 4.84. The molecule has 2 nitrogen and oxygen atoms in total. The molecule has 5 heteroatoms. The van der Waals surface area contributed by atoms with Crippen LogP contribution >= 0.6 is 11.3 Å². The van der Waals surface area contributed by atoms with Crippen molar-refractivity contribution in [1.82, 2.24) is 0 Å². The zero-order chi connectivity index (χ0) is 39.0. The minimum Gasteiger partial charge on any atom is -0.458 e. The molecule has 1 spiro atoms. The molecular weight excluding hydrogens is 767 g/mol. The van der Waals surface area contributed by atoms with Gasteiger partial charge in [-0.25, -0.2) is 0 Å². The van der Waals surface area contributed by atoms with Gasteiger partial charge in [0.05, 0.1) is 10.4 Å². The van der Waals surface area contributed by atoms with Crippen LogP contribution in [0.4, 0.5) is 17.1 Å². The maximum atomic E-state index is 7.04. The van der Waals surface area contributed by atoms with E-state index in [0.29, 0.717) is 0 Å². The van der Waals surface area contributed by atoms with Crippen molar-refractivity contribution >= 4 is 106 Å². The fourth-order valence-corrected chi connectivity index (χ4v) is 23.9. The summed E-state index contributed by atoms with van der Waals surface area (Å²) in [4.78, 5) is 2.47. The zero-order valence-electron chi connectivity index (χ0n) is 32.1. The van der Waals surface area contributed by atoms with Crippen molar-refractivity contribution in [3.05, 3.63) is 224 Å². The highest BCUT2D eigenvalue weighted by Gasteiger charge is 2.59. The summed E-state index contributed by atoms with van der Waals surface area (Å²) in [5, 5.41) is 13.8. The Morgan fingerprint density at radius 1 is 0.356 bits per heavy atom. The normalized spacial score (nSPS) is 14.2. The van der Waals surface area contributed by atoms with Gasteiger partial charge in [-0.05, 0) is 90.0 Å². The smallest absolute Gasteiger partial charge is 0.188 e. The molecule has 0 atom stereocenters. The minimum atomic E-state index is -3.08. The summed E-state index contributed by atoms with van der Waals surface area (Å²) in [5.74, 6) is 1.89. The Labute approximate surface area is 349 Å². The molecule has 2 aliphatic rings. The molecule has 278 valence electrons. The quantitative estimate of drug-likeness (QED) is 0.162. The van der Waals surface area contributed by atoms with Crippen molar-refractivity contribution in [2.24, 2.45) is 0 Å². The van der Waals surface area contributed by atoms with E-state index in [4.69, 9.17) is 4.74 Å². The van der Waals surface area contributed by atoms with E-state index in [1.165, 1.54) is 67.4 Å². The highest BCUT2D eigenvalue weighted by atomic mass is 32.1. The van der Waals surface area contributed by atoms with Crippen molar-refractivity contribution in [2.75, 3.05) is 4.90 Å². The second kappa shape index (κ2) is 13.4. The van der Waals surface area contributed by atoms with E-state index in [-0.39, 0.29) is 0 Å². The lowest BCUT2D eigenvalue weighted by Crippen LogP contribution is -2.93. The predicted octanol–water partition coefficient (Wildman–Crippen LogP) is 8.70. The van der Waals surface area contributed by atoms with Crippen LogP contribution < -0.4 is 51.1 Å². The molecule has 9 aromatic carbocycles. The number of benzene rings is 9. The summed E-state index contributed by atoms with van der Waals surface area (Å²) in [5.41, 5.74) is 3.41. The van der Waals surface area contributed by atoms with Crippen LogP contribution in [0.3, 0.4) is 0 Å². The lowest BCUT2D eigenvalue weighted by molar-refractivity contribution is 0.487. The molecule has 3 heterocycles. The molecule has 12 rings (SSSR count). The van der Waals surface area contributed by atoms with Gasteiger partial charge in [0.25, 0.3) is 0 Å². The molecular formula is C54H37NOSSi2. The number of hydrogen-bond donors (Lipinski definition) is 0. The molecule has 0 N–H and O–H groups in total. The van der Waals surface area contributed by atoms with Crippen molar-refractivity contribution < 1.29 is 4.74 Å². The number of thiophene rings is 1. The first-order chi connectivity index (χ1) is 29.3. The maximum absolute atomic E-state index is 7.04. The van der Waals surface area contributed by atoms with Crippen LogP contribution in [0.1, 0.15) is 0 Å². The first-order valence-corrected chi connectivity index (χ1v) is 25.1. The number of nitrogens with zero attached hydrogens (tertiary/aromatic N) is 1. The maximum Gasteiger partial charge on any atom is 0.188 e. The lowest BCUT2D eigenvalue weighted by atomic mass is 10.1. The van der Waals surface area contributed by atoms with E-state index in [2.05, 4.69) is 229 Å². The number of hydrogen-bond acceptors (Lipinski definition) is 3. The minimum absolute atomic E-state index is 0.936. The van der Waals surface area contributed by atoms with Crippen LogP contribution in [0.5, 0.6) is 11.5 Å². The van der Waals surface area contributed by atoms with Gasteiger partial charge >= 0.3 is 0 Å². The molecule has 0 amide bonds. The van der Waals surface area contributed by atoms with Gasteiger partial charge in [0, 0.05) is 26.8 Å². The fraction of sp³-hybridized carbons (Fsp3) is 0. The summed E-state index contributed by atoms with van der Waals surface area (Å²) in [6.07, 6.45) is 0. The van der Waals surface area contributed by atoms with Crippen LogP contribution in [-0.2, 0) is 0 Å². The Morgan fingerprint density at radius 2 is 0.864 bits per heavy atom. The van der Waals surface area contributed by atoms with Crippen LogP contribution in [0.25, 0.3) is 20.2 Å². The Kier molecular flexibility index (Phi) is 7.79. The summed E-state index contributed by atoms with van der Waals surface area (Å²) < 4.78 is 9.61. The van der Waals surface area contributed by atoms with Gasteiger partial charge < -0.3 is 9.64 Å². The number of fused-ring (bicyclic) bond motifs is 11. The average molecular weight is 804 g/mol. The van der Waals surface area contributed by atoms with Crippen LogP contribution in [-0.4, -0.2) is 16.1 Å². The predicted molar refractivity (Wildman–Crippen MR) is 255 cm³/mol.